The van der Waals surface area contributed by atoms with Crippen LogP contribution in [0.25, 0.3) is 0 Å². The van der Waals surface area contributed by atoms with Crippen molar-refractivity contribution in [3.8, 4) is 0 Å². The molecule has 6 heteroatoms. The number of aromatic nitrogens is 2. The van der Waals surface area contributed by atoms with Crippen LogP contribution >= 0.6 is 0 Å². The van der Waals surface area contributed by atoms with Gasteiger partial charge in [-0.2, -0.15) is 5.10 Å². The molecule has 0 atom stereocenters. The summed E-state index contributed by atoms with van der Waals surface area (Å²) >= 11 is 0. The van der Waals surface area contributed by atoms with Crippen LogP contribution in [0.15, 0.2) is 47.6 Å². The molecular formula is C17H26N6. The van der Waals surface area contributed by atoms with Gasteiger partial charge in [-0.1, -0.05) is 18.2 Å². The van der Waals surface area contributed by atoms with E-state index in [9.17, 15) is 0 Å². The second-order valence-electron chi connectivity index (χ2n) is 5.33. The van der Waals surface area contributed by atoms with Crippen LogP contribution in [0.3, 0.4) is 0 Å². The molecule has 6 nitrogen and oxygen atoms in total. The summed E-state index contributed by atoms with van der Waals surface area (Å²) in [4.78, 5) is 6.82. The largest absolute Gasteiger partial charge is 0.373 e. The van der Waals surface area contributed by atoms with Crippen molar-refractivity contribution in [2.45, 2.75) is 13.5 Å². The van der Waals surface area contributed by atoms with Gasteiger partial charge < -0.3 is 15.5 Å². The first-order valence-corrected chi connectivity index (χ1v) is 7.96. The van der Waals surface area contributed by atoms with Crippen LogP contribution in [0.4, 0.5) is 5.69 Å². The maximum atomic E-state index is 4.60. The highest BCUT2D eigenvalue weighted by Crippen LogP contribution is 2.09. The first-order valence-electron chi connectivity index (χ1n) is 7.96. The number of guanidine groups is 1. The number of rotatable bonds is 7. The number of nitrogens with one attached hydrogen (secondary N) is 2. The third-order valence-electron chi connectivity index (χ3n) is 3.60. The van der Waals surface area contributed by atoms with E-state index in [1.165, 1.54) is 5.69 Å². The Balaban J connectivity index is 1.83. The summed E-state index contributed by atoms with van der Waals surface area (Å²) < 4.78 is 1.84. The lowest BCUT2D eigenvalue weighted by Crippen LogP contribution is -2.41. The van der Waals surface area contributed by atoms with E-state index < -0.39 is 0 Å². The molecular weight excluding hydrogens is 288 g/mol. The Morgan fingerprint density at radius 3 is 2.65 bits per heavy atom. The monoisotopic (exact) mass is 314 g/mol. The molecule has 0 aliphatic carbocycles. The van der Waals surface area contributed by atoms with Crippen LogP contribution in [0.2, 0.25) is 0 Å². The summed E-state index contributed by atoms with van der Waals surface area (Å²) in [7, 11) is 4.02. The number of likely N-dealkylation sites (N-methyl/N-ethyl adjacent to an activating group) is 1. The Morgan fingerprint density at radius 2 is 2.00 bits per heavy atom. The molecule has 1 aromatic carbocycles. The molecule has 124 valence electrons. The Hall–Kier alpha value is -2.50. The van der Waals surface area contributed by atoms with Crippen molar-refractivity contribution in [3.05, 3.63) is 48.3 Å². The van der Waals surface area contributed by atoms with Crippen LogP contribution in [0.5, 0.6) is 0 Å². The number of hydrogen-bond acceptors (Lipinski definition) is 3. The number of aryl methyl sites for hydroxylation is 1. The van der Waals surface area contributed by atoms with E-state index in [-0.39, 0.29) is 0 Å². The Bertz CT molecular complexity index is 605. The summed E-state index contributed by atoms with van der Waals surface area (Å²) in [6, 6.07) is 12.3. The van der Waals surface area contributed by atoms with Gasteiger partial charge in [0.25, 0.3) is 0 Å². The summed E-state index contributed by atoms with van der Waals surface area (Å²) in [6.07, 6.45) is 1.79. The van der Waals surface area contributed by atoms with Gasteiger partial charge in [0.1, 0.15) is 0 Å². The minimum atomic E-state index is 0.611. The normalized spacial score (nSPS) is 11.3. The molecule has 0 saturated heterocycles. The maximum absolute atomic E-state index is 4.60. The van der Waals surface area contributed by atoms with Crippen molar-refractivity contribution in [2.75, 3.05) is 31.6 Å². The van der Waals surface area contributed by atoms with Crippen LogP contribution in [-0.4, -0.2) is 42.4 Å². The van der Waals surface area contributed by atoms with Crippen molar-refractivity contribution < 1.29 is 0 Å². The molecule has 0 radical (unpaired) electrons. The van der Waals surface area contributed by atoms with Gasteiger partial charge in [-0.05, 0) is 25.1 Å². The molecule has 0 fully saturated rings. The zero-order valence-corrected chi connectivity index (χ0v) is 14.2. The zero-order valence-electron chi connectivity index (χ0n) is 14.2. The Labute approximate surface area is 138 Å². The van der Waals surface area contributed by atoms with Crippen molar-refractivity contribution >= 4 is 11.6 Å². The van der Waals surface area contributed by atoms with Crippen molar-refractivity contribution in [2.24, 2.45) is 12.0 Å². The minimum Gasteiger partial charge on any atom is -0.373 e. The summed E-state index contributed by atoms with van der Waals surface area (Å²) in [6.45, 7) is 5.24. The van der Waals surface area contributed by atoms with E-state index in [1.54, 1.807) is 6.20 Å². The lowest BCUT2D eigenvalue weighted by molar-refractivity contribution is 0.706. The van der Waals surface area contributed by atoms with Gasteiger partial charge in [0.2, 0.25) is 0 Å². The van der Waals surface area contributed by atoms with Crippen LogP contribution in [-0.2, 0) is 13.6 Å². The summed E-state index contributed by atoms with van der Waals surface area (Å²) in [5.74, 6) is 0.829. The third-order valence-corrected chi connectivity index (χ3v) is 3.60. The maximum Gasteiger partial charge on any atom is 0.191 e. The molecule has 0 amide bonds. The zero-order chi connectivity index (χ0) is 16.5. The van der Waals surface area contributed by atoms with Gasteiger partial charge in [-0.15, -0.1) is 0 Å². The van der Waals surface area contributed by atoms with Crippen LogP contribution in [0, 0.1) is 0 Å². The SMILES string of the molecule is CCNC(=NCc1ccnn1C)NCCN(C)c1ccccc1. The number of anilines is 1. The van der Waals surface area contributed by atoms with E-state index >= 15 is 0 Å². The predicted molar refractivity (Wildman–Crippen MR) is 95.7 cm³/mol. The van der Waals surface area contributed by atoms with Gasteiger partial charge >= 0.3 is 0 Å². The minimum absolute atomic E-state index is 0.611. The molecule has 0 bridgehead atoms. The van der Waals surface area contributed by atoms with Crippen molar-refractivity contribution in [1.82, 2.24) is 20.4 Å². The molecule has 23 heavy (non-hydrogen) atoms. The molecule has 0 unspecified atom stereocenters. The second-order valence-corrected chi connectivity index (χ2v) is 5.33. The van der Waals surface area contributed by atoms with Crippen molar-refractivity contribution in [1.29, 1.82) is 0 Å². The quantitative estimate of drug-likeness (QED) is 0.602. The lowest BCUT2D eigenvalue weighted by Gasteiger charge is -2.20. The first kappa shape index (κ1) is 16.9. The van der Waals surface area contributed by atoms with E-state index in [4.69, 9.17) is 0 Å². The highest BCUT2D eigenvalue weighted by atomic mass is 15.3. The fraction of sp³-hybridized carbons (Fsp3) is 0.412. The van der Waals surface area contributed by atoms with E-state index in [2.05, 4.69) is 63.9 Å². The Morgan fingerprint density at radius 1 is 1.22 bits per heavy atom. The number of nitrogens with zero attached hydrogens (tertiary/aromatic N) is 4. The molecule has 2 N–H and O–H groups in total. The van der Waals surface area contributed by atoms with Crippen molar-refractivity contribution in [3.63, 3.8) is 0 Å². The fourth-order valence-corrected chi connectivity index (χ4v) is 2.21. The number of aliphatic imine (C=N–C) groups is 1. The smallest absolute Gasteiger partial charge is 0.191 e. The Kier molecular flexibility index (Phi) is 6.47. The standard InChI is InChI=1S/C17H26N6/c1-4-18-17(20-14-16-10-11-21-23(16)3)19-12-13-22(2)15-8-6-5-7-9-15/h5-11H,4,12-14H2,1-3H3,(H2,18,19,20). The van der Waals surface area contributed by atoms with E-state index in [0.717, 1.165) is 31.3 Å². The molecule has 1 aromatic heterocycles. The predicted octanol–water partition coefficient (Wildman–Crippen LogP) is 1.61. The molecule has 0 aliphatic heterocycles. The molecule has 2 rings (SSSR count). The third kappa shape index (κ3) is 5.32. The highest BCUT2D eigenvalue weighted by molar-refractivity contribution is 5.79. The first-order chi connectivity index (χ1) is 11.2. The van der Waals surface area contributed by atoms with Gasteiger partial charge in [0.05, 0.1) is 12.2 Å². The topological polar surface area (TPSA) is 57.5 Å². The van der Waals surface area contributed by atoms with Gasteiger partial charge in [-0.3, -0.25) is 4.68 Å². The van der Waals surface area contributed by atoms with Gasteiger partial charge in [0.15, 0.2) is 5.96 Å². The average molecular weight is 314 g/mol. The molecule has 2 aromatic rings. The van der Waals surface area contributed by atoms with Crippen LogP contribution < -0.4 is 15.5 Å². The lowest BCUT2D eigenvalue weighted by atomic mass is 10.3. The second kappa shape index (κ2) is 8.82. The number of benzene rings is 1. The molecule has 1 heterocycles. The molecule has 0 saturated carbocycles. The fourth-order valence-electron chi connectivity index (χ4n) is 2.21. The summed E-state index contributed by atoms with van der Waals surface area (Å²) in [5, 5.41) is 10.8. The van der Waals surface area contributed by atoms with E-state index in [0.29, 0.717) is 6.54 Å². The summed E-state index contributed by atoms with van der Waals surface area (Å²) in [5.41, 5.74) is 2.30. The molecule has 0 spiro atoms. The highest BCUT2D eigenvalue weighted by Gasteiger charge is 2.02. The van der Waals surface area contributed by atoms with Gasteiger partial charge in [-0.25, -0.2) is 4.99 Å². The number of hydrogen-bond donors (Lipinski definition) is 2. The van der Waals surface area contributed by atoms with E-state index in [1.807, 2.05) is 23.9 Å². The van der Waals surface area contributed by atoms with Gasteiger partial charge in [0, 0.05) is 45.6 Å². The molecule has 0 aliphatic rings. The number of para-hydroxylation sites is 1. The van der Waals surface area contributed by atoms with Crippen LogP contribution in [0.1, 0.15) is 12.6 Å². The average Bonchev–Trinajstić information content (AvgIpc) is 2.98.